The van der Waals surface area contributed by atoms with Crippen LogP contribution in [0.4, 0.5) is 19.1 Å². The van der Waals surface area contributed by atoms with Crippen molar-refractivity contribution in [1.82, 2.24) is 9.97 Å². The lowest BCUT2D eigenvalue weighted by molar-refractivity contribution is 0.496. The number of halogens is 3. The Morgan fingerprint density at radius 3 is 2.22 bits per heavy atom. The first-order chi connectivity index (χ1) is 8.61. The third-order valence-corrected chi connectivity index (χ3v) is 2.31. The molecule has 0 aliphatic rings. The van der Waals surface area contributed by atoms with Gasteiger partial charge in [-0.15, -0.1) is 0 Å². The van der Waals surface area contributed by atoms with Crippen LogP contribution >= 0.6 is 0 Å². The lowest BCUT2D eigenvalue weighted by Gasteiger charge is -2.05. The zero-order valence-corrected chi connectivity index (χ0v) is 9.54. The molecule has 0 aliphatic carbocycles. The summed E-state index contributed by atoms with van der Waals surface area (Å²) < 4.78 is 39.3. The maximum absolute atomic E-state index is 13.5. The van der Waals surface area contributed by atoms with E-state index in [9.17, 15) is 13.2 Å². The Morgan fingerprint density at radius 1 is 1.00 bits per heavy atom. The molecule has 18 heavy (non-hydrogen) atoms. The predicted octanol–water partition coefficient (Wildman–Crippen LogP) is 2.99. The molecule has 1 aromatic carbocycles. The van der Waals surface area contributed by atoms with E-state index < -0.39 is 17.5 Å². The van der Waals surface area contributed by atoms with Crippen molar-refractivity contribution in [2.24, 2.45) is 0 Å². The standard InChI is InChI=1S/C12H10F3N3/c1-2-16-12-17-5-7(6-18-12)8-3-10(14)11(15)4-9(8)13/h3-6H,2H2,1H3,(H,16,17,18). The third-order valence-electron chi connectivity index (χ3n) is 2.31. The zero-order chi connectivity index (χ0) is 13.1. The molecule has 3 nitrogen and oxygen atoms in total. The van der Waals surface area contributed by atoms with Crippen LogP contribution in [0.25, 0.3) is 11.1 Å². The molecule has 94 valence electrons. The van der Waals surface area contributed by atoms with Crippen LogP contribution in [0.1, 0.15) is 6.92 Å². The van der Waals surface area contributed by atoms with E-state index in [4.69, 9.17) is 0 Å². The molecule has 0 saturated carbocycles. The average Bonchev–Trinajstić information content (AvgIpc) is 2.35. The smallest absolute Gasteiger partial charge is 0.222 e. The van der Waals surface area contributed by atoms with Crippen molar-refractivity contribution in [3.05, 3.63) is 42.0 Å². The van der Waals surface area contributed by atoms with Crippen molar-refractivity contribution < 1.29 is 13.2 Å². The molecule has 0 fully saturated rings. The summed E-state index contributed by atoms with van der Waals surface area (Å²) in [5.41, 5.74) is 0.213. The highest BCUT2D eigenvalue weighted by Crippen LogP contribution is 2.24. The molecule has 6 heteroatoms. The van der Waals surface area contributed by atoms with Crippen molar-refractivity contribution >= 4 is 5.95 Å². The van der Waals surface area contributed by atoms with Gasteiger partial charge in [0.1, 0.15) is 5.82 Å². The molecule has 1 N–H and O–H groups in total. The summed E-state index contributed by atoms with van der Waals surface area (Å²) >= 11 is 0. The highest BCUT2D eigenvalue weighted by atomic mass is 19.2. The minimum atomic E-state index is -1.22. The van der Waals surface area contributed by atoms with Crippen molar-refractivity contribution in [2.75, 3.05) is 11.9 Å². The molecule has 2 rings (SSSR count). The van der Waals surface area contributed by atoms with E-state index in [1.165, 1.54) is 12.4 Å². The Morgan fingerprint density at radius 2 is 1.61 bits per heavy atom. The number of hydrogen-bond acceptors (Lipinski definition) is 3. The van der Waals surface area contributed by atoms with E-state index >= 15 is 0 Å². The number of rotatable bonds is 3. The van der Waals surface area contributed by atoms with E-state index in [2.05, 4.69) is 15.3 Å². The molecule has 1 aromatic heterocycles. The third kappa shape index (κ3) is 2.42. The fourth-order valence-electron chi connectivity index (χ4n) is 1.46. The van der Waals surface area contributed by atoms with Gasteiger partial charge in [0.05, 0.1) is 0 Å². The number of anilines is 1. The predicted molar refractivity (Wildman–Crippen MR) is 61.5 cm³/mol. The summed E-state index contributed by atoms with van der Waals surface area (Å²) in [7, 11) is 0. The maximum Gasteiger partial charge on any atom is 0.222 e. The van der Waals surface area contributed by atoms with Gasteiger partial charge in [-0.25, -0.2) is 23.1 Å². The minimum Gasteiger partial charge on any atom is -0.355 e. The fraction of sp³-hybridized carbons (Fsp3) is 0.167. The minimum absolute atomic E-state index is 0.0723. The number of aromatic nitrogens is 2. The van der Waals surface area contributed by atoms with Gasteiger partial charge in [-0.05, 0) is 13.0 Å². The Balaban J connectivity index is 2.39. The van der Waals surface area contributed by atoms with Crippen LogP contribution in [0.3, 0.4) is 0 Å². The summed E-state index contributed by atoms with van der Waals surface area (Å²) in [6, 6.07) is 1.29. The summed E-state index contributed by atoms with van der Waals surface area (Å²) in [6.07, 6.45) is 2.70. The van der Waals surface area contributed by atoms with Gasteiger partial charge in [0.25, 0.3) is 0 Å². The molecule has 0 aliphatic heterocycles. The van der Waals surface area contributed by atoms with E-state index in [0.29, 0.717) is 18.6 Å². The SMILES string of the molecule is CCNc1ncc(-c2cc(F)c(F)cc2F)cn1. The van der Waals surface area contributed by atoms with Crippen molar-refractivity contribution in [3.8, 4) is 11.1 Å². The quantitative estimate of drug-likeness (QED) is 0.854. The molecule has 0 atom stereocenters. The van der Waals surface area contributed by atoms with Crippen molar-refractivity contribution in [3.63, 3.8) is 0 Å². The molecule has 0 amide bonds. The van der Waals surface area contributed by atoms with E-state index in [-0.39, 0.29) is 11.1 Å². The lowest BCUT2D eigenvalue weighted by atomic mass is 10.1. The van der Waals surface area contributed by atoms with Crippen LogP contribution in [-0.2, 0) is 0 Å². The molecular formula is C12H10F3N3. The summed E-state index contributed by atoms with van der Waals surface area (Å²) in [6.45, 7) is 2.53. The molecule has 2 aromatic rings. The molecule has 0 unspecified atom stereocenters. The topological polar surface area (TPSA) is 37.8 Å². The number of nitrogens with zero attached hydrogens (tertiary/aromatic N) is 2. The van der Waals surface area contributed by atoms with Gasteiger partial charge in [-0.2, -0.15) is 0 Å². The zero-order valence-electron chi connectivity index (χ0n) is 9.54. The first kappa shape index (κ1) is 12.3. The molecule has 0 saturated heterocycles. The number of benzene rings is 1. The molecular weight excluding hydrogens is 243 g/mol. The second kappa shape index (κ2) is 5.03. The Labute approximate surface area is 102 Å². The van der Waals surface area contributed by atoms with Crippen LogP contribution in [0, 0.1) is 17.5 Å². The molecule has 0 radical (unpaired) electrons. The van der Waals surface area contributed by atoms with Crippen LogP contribution in [0.15, 0.2) is 24.5 Å². The van der Waals surface area contributed by atoms with Gasteiger partial charge in [-0.3, -0.25) is 0 Å². The van der Waals surface area contributed by atoms with E-state index in [1.54, 1.807) is 0 Å². The first-order valence-corrected chi connectivity index (χ1v) is 5.32. The molecule has 1 heterocycles. The molecule has 0 spiro atoms. The van der Waals surface area contributed by atoms with Gasteiger partial charge in [0.2, 0.25) is 5.95 Å². The Bertz CT molecular complexity index is 555. The highest BCUT2D eigenvalue weighted by molar-refractivity contribution is 5.62. The maximum atomic E-state index is 13.5. The number of nitrogens with one attached hydrogen (secondary N) is 1. The summed E-state index contributed by atoms with van der Waals surface area (Å²) in [4.78, 5) is 7.87. The molecule has 0 bridgehead atoms. The van der Waals surface area contributed by atoms with Gasteiger partial charge in [-0.1, -0.05) is 0 Å². The average molecular weight is 253 g/mol. The monoisotopic (exact) mass is 253 g/mol. The largest absolute Gasteiger partial charge is 0.355 e. The van der Waals surface area contributed by atoms with Crippen LogP contribution in [0.5, 0.6) is 0 Å². The van der Waals surface area contributed by atoms with Gasteiger partial charge >= 0.3 is 0 Å². The van der Waals surface area contributed by atoms with E-state index in [0.717, 1.165) is 6.07 Å². The summed E-state index contributed by atoms with van der Waals surface area (Å²) in [5.74, 6) is -2.79. The van der Waals surface area contributed by atoms with E-state index in [1.807, 2.05) is 6.92 Å². The van der Waals surface area contributed by atoms with Crippen molar-refractivity contribution in [1.29, 1.82) is 0 Å². The second-order valence-electron chi connectivity index (χ2n) is 3.57. The van der Waals surface area contributed by atoms with Gasteiger partial charge in [0.15, 0.2) is 11.6 Å². The number of hydrogen-bond donors (Lipinski definition) is 1. The van der Waals surface area contributed by atoms with Crippen molar-refractivity contribution in [2.45, 2.75) is 6.92 Å². The fourth-order valence-corrected chi connectivity index (χ4v) is 1.46. The first-order valence-electron chi connectivity index (χ1n) is 5.32. The Hall–Kier alpha value is -2.11. The second-order valence-corrected chi connectivity index (χ2v) is 3.57. The van der Waals surface area contributed by atoms with Crippen LogP contribution < -0.4 is 5.32 Å². The van der Waals surface area contributed by atoms with Gasteiger partial charge in [0, 0.05) is 36.1 Å². The summed E-state index contributed by atoms with van der Waals surface area (Å²) in [5, 5.41) is 2.87. The lowest BCUT2D eigenvalue weighted by Crippen LogP contribution is -2.01. The highest BCUT2D eigenvalue weighted by Gasteiger charge is 2.12. The van der Waals surface area contributed by atoms with Crippen LogP contribution in [0.2, 0.25) is 0 Å². The van der Waals surface area contributed by atoms with Crippen LogP contribution in [-0.4, -0.2) is 16.5 Å². The normalized spacial score (nSPS) is 10.4. The Kier molecular flexibility index (Phi) is 3.45. The van der Waals surface area contributed by atoms with Gasteiger partial charge < -0.3 is 5.32 Å².